The first-order chi connectivity index (χ1) is 10.8. The van der Waals surface area contributed by atoms with Crippen molar-refractivity contribution < 1.29 is 4.79 Å². The summed E-state index contributed by atoms with van der Waals surface area (Å²) in [4.78, 5) is 25.5. The van der Waals surface area contributed by atoms with Gasteiger partial charge < -0.3 is 10.3 Å². The molecule has 0 atom stereocenters. The first-order valence-corrected chi connectivity index (χ1v) is 8.36. The van der Waals surface area contributed by atoms with E-state index in [9.17, 15) is 4.79 Å². The lowest BCUT2D eigenvalue weighted by Gasteiger charge is -2.12. The van der Waals surface area contributed by atoms with Crippen LogP contribution in [0.4, 0.5) is 0 Å². The smallest absolute Gasteiger partial charge is 0.252 e. The molecule has 5 nitrogen and oxygen atoms in total. The molecule has 3 aromatic rings. The number of pyridine rings is 1. The van der Waals surface area contributed by atoms with Crippen LogP contribution in [0.1, 0.15) is 39.5 Å². The average molecular weight is 312 g/mol. The first kappa shape index (κ1) is 13.5. The molecular weight excluding hydrogens is 296 g/mol. The molecule has 22 heavy (non-hydrogen) atoms. The molecule has 1 aliphatic rings. The Morgan fingerprint density at radius 2 is 2.27 bits per heavy atom. The lowest BCUT2D eigenvalue weighted by Crippen LogP contribution is -2.24. The van der Waals surface area contributed by atoms with Crippen LogP contribution in [-0.2, 0) is 19.4 Å². The SMILES string of the molecule is O=C(NCc1nc2ncccc2[nH]1)c1csc2c1CCCC2. The topological polar surface area (TPSA) is 70.7 Å². The third-order valence-corrected chi connectivity index (χ3v) is 5.12. The van der Waals surface area contributed by atoms with E-state index in [1.54, 1.807) is 17.5 Å². The first-order valence-electron chi connectivity index (χ1n) is 7.48. The summed E-state index contributed by atoms with van der Waals surface area (Å²) in [6.07, 6.45) is 6.27. The molecule has 0 unspecified atom stereocenters. The maximum atomic E-state index is 12.4. The quantitative estimate of drug-likeness (QED) is 0.781. The lowest BCUT2D eigenvalue weighted by molar-refractivity contribution is 0.0949. The van der Waals surface area contributed by atoms with Gasteiger partial charge in [0.15, 0.2) is 5.65 Å². The van der Waals surface area contributed by atoms with E-state index in [1.807, 2.05) is 17.5 Å². The van der Waals surface area contributed by atoms with Crippen molar-refractivity contribution in [2.24, 2.45) is 0 Å². The number of imidazole rings is 1. The second kappa shape index (κ2) is 5.53. The van der Waals surface area contributed by atoms with Crippen LogP contribution in [0.2, 0.25) is 0 Å². The second-order valence-corrected chi connectivity index (χ2v) is 6.46. The van der Waals surface area contributed by atoms with Crippen molar-refractivity contribution in [1.82, 2.24) is 20.3 Å². The number of nitrogens with zero attached hydrogens (tertiary/aromatic N) is 2. The minimum atomic E-state index is -0.00665. The number of fused-ring (bicyclic) bond motifs is 2. The summed E-state index contributed by atoms with van der Waals surface area (Å²) < 4.78 is 0. The van der Waals surface area contributed by atoms with E-state index in [1.165, 1.54) is 23.3 Å². The number of thiophene rings is 1. The number of hydrogen-bond donors (Lipinski definition) is 2. The number of carbonyl (C=O) groups excluding carboxylic acids is 1. The summed E-state index contributed by atoms with van der Waals surface area (Å²) in [5.41, 5.74) is 3.66. The zero-order valence-electron chi connectivity index (χ0n) is 12.1. The maximum Gasteiger partial charge on any atom is 0.252 e. The Morgan fingerprint density at radius 1 is 1.36 bits per heavy atom. The highest BCUT2D eigenvalue weighted by Crippen LogP contribution is 2.30. The lowest BCUT2D eigenvalue weighted by atomic mass is 9.96. The van der Waals surface area contributed by atoms with Crippen LogP contribution in [0.3, 0.4) is 0 Å². The van der Waals surface area contributed by atoms with Crippen molar-refractivity contribution in [3.63, 3.8) is 0 Å². The van der Waals surface area contributed by atoms with Gasteiger partial charge in [-0.05, 0) is 43.4 Å². The van der Waals surface area contributed by atoms with E-state index in [2.05, 4.69) is 20.3 Å². The van der Waals surface area contributed by atoms with Crippen LogP contribution in [0.15, 0.2) is 23.7 Å². The molecule has 0 radical (unpaired) electrons. The monoisotopic (exact) mass is 312 g/mol. The van der Waals surface area contributed by atoms with Gasteiger partial charge in [-0.25, -0.2) is 9.97 Å². The van der Waals surface area contributed by atoms with Gasteiger partial charge in [-0.15, -0.1) is 11.3 Å². The van der Waals surface area contributed by atoms with Crippen LogP contribution in [0.5, 0.6) is 0 Å². The summed E-state index contributed by atoms with van der Waals surface area (Å²) >= 11 is 1.71. The number of H-pyrrole nitrogens is 1. The molecule has 0 saturated carbocycles. The summed E-state index contributed by atoms with van der Waals surface area (Å²) in [6, 6.07) is 3.79. The molecule has 0 aromatic carbocycles. The molecule has 1 amide bonds. The fourth-order valence-corrected chi connectivity index (χ4v) is 4.05. The molecule has 0 fully saturated rings. The van der Waals surface area contributed by atoms with Crippen LogP contribution < -0.4 is 5.32 Å². The van der Waals surface area contributed by atoms with Gasteiger partial charge in [-0.3, -0.25) is 4.79 Å². The molecule has 0 bridgehead atoms. The predicted octanol–water partition coefficient (Wildman–Crippen LogP) is 2.83. The zero-order valence-corrected chi connectivity index (χ0v) is 12.9. The van der Waals surface area contributed by atoms with Gasteiger partial charge in [-0.2, -0.15) is 0 Å². The van der Waals surface area contributed by atoms with Crippen LogP contribution in [0, 0.1) is 0 Å². The number of aryl methyl sites for hydroxylation is 1. The number of rotatable bonds is 3. The number of hydrogen-bond acceptors (Lipinski definition) is 4. The average Bonchev–Trinajstić information content (AvgIpc) is 3.16. The van der Waals surface area contributed by atoms with Gasteiger partial charge in [0.05, 0.1) is 17.6 Å². The van der Waals surface area contributed by atoms with Gasteiger partial charge >= 0.3 is 0 Å². The number of amides is 1. The van der Waals surface area contributed by atoms with E-state index in [4.69, 9.17) is 0 Å². The van der Waals surface area contributed by atoms with Crippen molar-refractivity contribution in [2.45, 2.75) is 32.2 Å². The van der Waals surface area contributed by atoms with E-state index < -0.39 is 0 Å². The Hall–Kier alpha value is -2.21. The molecule has 0 spiro atoms. The van der Waals surface area contributed by atoms with E-state index in [-0.39, 0.29) is 5.91 Å². The highest BCUT2D eigenvalue weighted by molar-refractivity contribution is 7.10. The Kier molecular flexibility index (Phi) is 3.38. The van der Waals surface area contributed by atoms with Gasteiger partial charge in [0.2, 0.25) is 0 Å². The van der Waals surface area contributed by atoms with Crippen molar-refractivity contribution in [3.05, 3.63) is 45.5 Å². The molecule has 2 N–H and O–H groups in total. The molecular formula is C16H16N4OS. The Bertz CT molecular complexity index is 803. The Labute approximate surface area is 131 Å². The molecule has 0 saturated heterocycles. The number of aromatic amines is 1. The molecule has 6 heteroatoms. The van der Waals surface area contributed by atoms with Crippen molar-refractivity contribution >= 4 is 28.4 Å². The largest absolute Gasteiger partial charge is 0.345 e. The fourth-order valence-electron chi connectivity index (χ4n) is 2.92. The Balaban J connectivity index is 1.49. The summed E-state index contributed by atoms with van der Waals surface area (Å²) in [6.45, 7) is 0.389. The molecule has 1 aliphatic carbocycles. The molecule has 4 rings (SSSR count). The number of aromatic nitrogens is 3. The Morgan fingerprint density at radius 3 is 3.18 bits per heavy atom. The third-order valence-electron chi connectivity index (χ3n) is 4.03. The van der Waals surface area contributed by atoms with Crippen LogP contribution in [-0.4, -0.2) is 20.9 Å². The van der Waals surface area contributed by atoms with Crippen molar-refractivity contribution in [3.8, 4) is 0 Å². The highest BCUT2D eigenvalue weighted by Gasteiger charge is 2.20. The van der Waals surface area contributed by atoms with Crippen molar-refractivity contribution in [1.29, 1.82) is 0 Å². The molecule has 3 aromatic heterocycles. The summed E-state index contributed by atoms with van der Waals surface area (Å²) in [7, 11) is 0. The number of nitrogens with one attached hydrogen (secondary N) is 2. The number of carbonyl (C=O) groups is 1. The molecule has 0 aliphatic heterocycles. The van der Waals surface area contributed by atoms with Crippen LogP contribution in [0.25, 0.3) is 11.2 Å². The van der Waals surface area contributed by atoms with E-state index in [0.717, 1.165) is 29.7 Å². The predicted molar refractivity (Wildman–Crippen MR) is 86.0 cm³/mol. The minimum absolute atomic E-state index is 0.00665. The molecule has 112 valence electrons. The second-order valence-electron chi connectivity index (χ2n) is 5.50. The van der Waals surface area contributed by atoms with Gasteiger partial charge in [0.1, 0.15) is 5.82 Å². The van der Waals surface area contributed by atoms with Gasteiger partial charge in [-0.1, -0.05) is 0 Å². The van der Waals surface area contributed by atoms with Crippen LogP contribution >= 0.6 is 11.3 Å². The van der Waals surface area contributed by atoms with Gasteiger partial charge in [0.25, 0.3) is 5.91 Å². The minimum Gasteiger partial charge on any atom is -0.345 e. The molecule has 3 heterocycles. The van der Waals surface area contributed by atoms with E-state index in [0.29, 0.717) is 12.2 Å². The standard InChI is InChI=1S/C16H16N4OS/c21-16(11-9-22-13-6-2-1-4-10(11)13)18-8-14-19-12-5-3-7-17-15(12)20-14/h3,5,7,9H,1-2,4,6,8H2,(H,18,21)(H,17,19,20). The van der Waals surface area contributed by atoms with Crippen molar-refractivity contribution in [2.75, 3.05) is 0 Å². The zero-order chi connectivity index (χ0) is 14.9. The van der Waals surface area contributed by atoms with E-state index >= 15 is 0 Å². The maximum absolute atomic E-state index is 12.4. The van der Waals surface area contributed by atoms with Gasteiger partial charge in [0, 0.05) is 16.5 Å². The summed E-state index contributed by atoms with van der Waals surface area (Å²) in [5.74, 6) is 0.721. The summed E-state index contributed by atoms with van der Waals surface area (Å²) in [5, 5.41) is 4.95. The highest BCUT2D eigenvalue weighted by atomic mass is 32.1. The fraction of sp³-hybridized carbons (Fsp3) is 0.312. The third kappa shape index (κ3) is 2.39. The normalized spacial score (nSPS) is 14.0.